The standard InChI is InChI=1S/C15H13N3O4/c1-20-11-6-4-10(5-7-11)15-18-17-13(22-15)9-16-14(19)12-3-2-8-21-12/h2-8H,9H2,1H3,(H,16,19). The maximum atomic E-state index is 11.7. The second-order valence-corrected chi connectivity index (χ2v) is 4.39. The second-order valence-electron chi connectivity index (χ2n) is 4.39. The molecular weight excluding hydrogens is 286 g/mol. The van der Waals surface area contributed by atoms with Gasteiger partial charge in [0.25, 0.3) is 5.91 Å². The summed E-state index contributed by atoms with van der Waals surface area (Å²) in [6.07, 6.45) is 1.43. The smallest absolute Gasteiger partial charge is 0.287 e. The highest BCUT2D eigenvalue weighted by Crippen LogP contribution is 2.21. The summed E-state index contributed by atoms with van der Waals surface area (Å²) in [6.45, 7) is 0.128. The first-order chi connectivity index (χ1) is 10.8. The Morgan fingerprint density at radius 1 is 1.23 bits per heavy atom. The Balaban J connectivity index is 1.64. The van der Waals surface area contributed by atoms with Crippen molar-refractivity contribution in [3.05, 3.63) is 54.3 Å². The van der Waals surface area contributed by atoms with E-state index in [1.807, 2.05) is 12.1 Å². The Labute approximate surface area is 125 Å². The first-order valence-electron chi connectivity index (χ1n) is 6.55. The van der Waals surface area contributed by atoms with Gasteiger partial charge < -0.3 is 18.9 Å². The van der Waals surface area contributed by atoms with Gasteiger partial charge in [0.2, 0.25) is 11.8 Å². The number of benzene rings is 1. The minimum Gasteiger partial charge on any atom is -0.497 e. The summed E-state index contributed by atoms with van der Waals surface area (Å²) in [6, 6.07) is 10.5. The zero-order valence-corrected chi connectivity index (χ0v) is 11.8. The minimum absolute atomic E-state index is 0.128. The molecule has 0 radical (unpaired) electrons. The number of rotatable bonds is 5. The quantitative estimate of drug-likeness (QED) is 0.777. The number of carbonyl (C=O) groups excluding carboxylic acids is 1. The lowest BCUT2D eigenvalue weighted by Crippen LogP contribution is -2.22. The van der Waals surface area contributed by atoms with Gasteiger partial charge in [-0.3, -0.25) is 4.79 Å². The number of ether oxygens (including phenoxy) is 1. The van der Waals surface area contributed by atoms with Gasteiger partial charge in [0.1, 0.15) is 5.75 Å². The molecule has 1 N–H and O–H groups in total. The molecule has 0 fully saturated rings. The summed E-state index contributed by atoms with van der Waals surface area (Å²) < 4.78 is 15.6. The summed E-state index contributed by atoms with van der Waals surface area (Å²) in [5.74, 6) is 1.33. The van der Waals surface area contributed by atoms with Crippen LogP contribution in [0.4, 0.5) is 0 Å². The summed E-state index contributed by atoms with van der Waals surface area (Å²) in [4.78, 5) is 11.7. The average Bonchev–Trinajstić information content (AvgIpc) is 3.24. The third kappa shape index (κ3) is 2.98. The Kier molecular flexibility index (Phi) is 3.86. The van der Waals surface area contributed by atoms with Crippen LogP contribution in [0.1, 0.15) is 16.4 Å². The number of amides is 1. The number of methoxy groups -OCH3 is 1. The maximum absolute atomic E-state index is 11.7. The average molecular weight is 299 g/mol. The molecule has 0 spiro atoms. The number of hydrogen-bond donors (Lipinski definition) is 1. The van der Waals surface area contributed by atoms with E-state index in [1.165, 1.54) is 6.26 Å². The Morgan fingerprint density at radius 2 is 2.05 bits per heavy atom. The Bertz CT molecular complexity index is 747. The molecule has 0 atom stereocenters. The molecule has 7 nitrogen and oxygen atoms in total. The molecule has 0 unspecified atom stereocenters. The predicted octanol–water partition coefficient (Wildman–Crippen LogP) is 2.27. The van der Waals surface area contributed by atoms with Crippen molar-refractivity contribution in [3.8, 4) is 17.2 Å². The minimum atomic E-state index is -0.339. The number of aromatic nitrogens is 2. The van der Waals surface area contributed by atoms with Crippen molar-refractivity contribution >= 4 is 5.91 Å². The van der Waals surface area contributed by atoms with E-state index in [0.717, 1.165) is 11.3 Å². The van der Waals surface area contributed by atoms with Crippen LogP contribution in [0.25, 0.3) is 11.5 Å². The molecule has 7 heteroatoms. The van der Waals surface area contributed by atoms with Gasteiger partial charge in [-0.15, -0.1) is 10.2 Å². The van der Waals surface area contributed by atoms with Gasteiger partial charge in [-0.25, -0.2) is 0 Å². The van der Waals surface area contributed by atoms with Crippen molar-refractivity contribution in [3.63, 3.8) is 0 Å². The summed E-state index contributed by atoms with van der Waals surface area (Å²) >= 11 is 0. The summed E-state index contributed by atoms with van der Waals surface area (Å²) in [5, 5.41) is 10.5. The van der Waals surface area contributed by atoms with Crippen molar-refractivity contribution < 1.29 is 18.4 Å². The SMILES string of the molecule is COc1ccc(-c2nnc(CNC(=O)c3ccco3)o2)cc1. The molecule has 0 aliphatic rings. The lowest BCUT2D eigenvalue weighted by atomic mass is 10.2. The molecule has 3 rings (SSSR count). The highest BCUT2D eigenvalue weighted by molar-refractivity contribution is 5.91. The zero-order valence-electron chi connectivity index (χ0n) is 11.8. The van der Waals surface area contributed by atoms with Crippen molar-refractivity contribution in [1.82, 2.24) is 15.5 Å². The van der Waals surface area contributed by atoms with Gasteiger partial charge in [-0.1, -0.05) is 0 Å². The van der Waals surface area contributed by atoms with Crippen LogP contribution in [0.3, 0.4) is 0 Å². The van der Waals surface area contributed by atoms with E-state index < -0.39 is 0 Å². The summed E-state index contributed by atoms with van der Waals surface area (Å²) in [7, 11) is 1.60. The first-order valence-corrected chi connectivity index (χ1v) is 6.55. The largest absolute Gasteiger partial charge is 0.497 e. The zero-order chi connectivity index (χ0) is 15.4. The molecule has 2 heterocycles. The fourth-order valence-corrected chi connectivity index (χ4v) is 1.83. The second kappa shape index (κ2) is 6.13. The lowest BCUT2D eigenvalue weighted by molar-refractivity contribution is 0.0919. The number of nitrogens with one attached hydrogen (secondary N) is 1. The van der Waals surface area contributed by atoms with Gasteiger partial charge in [-0.2, -0.15) is 0 Å². The van der Waals surface area contributed by atoms with E-state index in [-0.39, 0.29) is 18.2 Å². The van der Waals surface area contributed by atoms with Crippen molar-refractivity contribution in [2.45, 2.75) is 6.54 Å². The lowest BCUT2D eigenvalue weighted by Gasteiger charge is -2.00. The van der Waals surface area contributed by atoms with Crippen molar-refractivity contribution in [2.24, 2.45) is 0 Å². The van der Waals surface area contributed by atoms with Gasteiger partial charge >= 0.3 is 0 Å². The van der Waals surface area contributed by atoms with Gasteiger partial charge in [0.05, 0.1) is 19.9 Å². The van der Waals surface area contributed by atoms with Crippen molar-refractivity contribution in [1.29, 1.82) is 0 Å². The predicted molar refractivity (Wildman–Crippen MR) is 76.2 cm³/mol. The molecule has 1 aromatic carbocycles. The van der Waals surface area contributed by atoms with Crippen LogP contribution >= 0.6 is 0 Å². The molecule has 0 aliphatic heterocycles. The highest BCUT2D eigenvalue weighted by Gasteiger charge is 2.12. The van der Waals surface area contributed by atoms with Gasteiger partial charge in [0.15, 0.2) is 5.76 Å². The highest BCUT2D eigenvalue weighted by atomic mass is 16.5. The summed E-state index contributed by atoms with van der Waals surface area (Å²) in [5.41, 5.74) is 0.775. The van der Waals surface area contributed by atoms with Crippen LogP contribution in [0, 0.1) is 0 Å². The molecular formula is C15H13N3O4. The molecule has 2 aromatic heterocycles. The molecule has 22 heavy (non-hydrogen) atoms. The third-order valence-corrected chi connectivity index (χ3v) is 2.95. The molecule has 0 bridgehead atoms. The van der Waals surface area contributed by atoms with E-state index in [2.05, 4.69) is 15.5 Å². The topological polar surface area (TPSA) is 90.4 Å². The molecule has 112 valence electrons. The molecule has 0 saturated heterocycles. The molecule has 0 saturated carbocycles. The third-order valence-electron chi connectivity index (χ3n) is 2.95. The van der Waals surface area contributed by atoms with E-state index in [1.54, 1.807) is 31.4 Å². The van der Waals surface area contributed by atoms with Gasteiger partial charge in [0, 0.05) is 5.56 Å². The fraction of sp³-hybridized carbons (Fsp3) is 0.133. The van der Waals surface area contributed by atoms with Crippen LogP contribution in [-0.4, -0.2) is 23.2 Å². The fourth-order valence-electron chi connectivity index (χ4n) is 1.83. The number of carbonyl (C=O) groups is 1. The van der Waals surface area contributed by atoms with E-state index in [9.17, 15) is 4.79 Å². The first kappa shape index (κ1) is 13.9. The van der Waals surface area contributed by atoms with Gasteiger partial charge in [-0.05, 0) is 36.4 Å². The van der Waals surface area contributed by atoms with Crippen LogP contribution in [0.5, 0.6) is 5.75 Å². The van der Waals surface area contributed by atoms with Crippen LogP contribution in [-0.2, 0) is 6.54 Å². The Hall–Kier alpha value is -3.09. The molecule has 1 amide bonds. The van der Waals surface area contributed by atoms with Crippen LogP contribution < -0.4 is 10.1 Å². The van der Waals surface area contributed by atoms with Crippen LogP contribution in [0.15, 0.2) is 51.5 Å². The number of hydrogen-bond acceptors (Lipinski definition) is 6. The normalized spacial score (nSPS) is 10.4. The maximum Gasteiger partial charge on any atom is 0.287 e. The van der Waals surface area contributed by atoms with E-state index in [0.29, 0.717) is 11.8 Å². The van der Waals surface area contributed by atoms with E-state index >= 15 is 0 Å². The Morgan fingerprint density at radius 3 is 2.73 bits per heavy atom. The monoisotopic (exact) mass is 299 g/mol. The molecule has 0 aliphatic carbocycles. The van der Waals surface area contributed by atoms with Crippen molar-refractivity contribution in [2.75, 3.05) is 7.11 Å². The number of furan rings is 1. The van der Waals surface area contributed by atoms with Crippen LogP contribution in [0.2, 0.25) is 0 Å². The number of nitrogens with zero attached hydrogens (tertiary/aromatic N) is 2. The van der Waals surface area contributed by atoms with E-state index in [4.69, 9.17) is 13.6 Å². The molecule has 3 aromatic rings.